The van der Waals surface area contributed by atoms with Crippen LogP contribution in [0.5, 0.6) is 0 Å². The molecule has 4 rings (SSSR count). The first-order valence-corrected chi connectivity index (χ1v) is 10.7. The molecule has 29 heavy (non-hydrogen) atoms. The number of halogens is 1. The minimum atomic E-state index is -3.52. The standard InChI is InChI=1S/C18H15ClN6O3S/c1-28-16(11-3-5-13(19)6-4-11)17-24-23-15-9-12(10-21-25(15)17)14-7-8-20-18(22-14)29(2,26)27/h3-10,16H,1-2H3. The summed E-state index contributed by atoms with van der Waals surface area (Å²) in [6.45, 7) is 0. The van der Waals surface area contributed by atoms with Crippen molar-refractivity contribution in [3.05, 3.63) is 65.2 Å². The van der Waals surface area contributed by atoms with E-state index in [1.807, 2.05) is 12.1 Å². The fourth-order valence-electron chi connectivity index (χ4n) is 2.82. The lowest BCUT2D eigenvalue weighted by Gasteiger charge is -2.13. The zero-order valence-electron chi connectivity index (χ0n) is 15.4. The molecule has 0 saturated heterocycles. The van der Waals surface area contributed by atoms with Crippen LogP contribution in [0.15, 0.2) is 53.9 Å². The third kappa shape index (κ3) is 3.82. The number of ether oxygens (including phenoxy) is 1. The van der Waals surface area contributed by atoms with E-state index in [1.165, 1.54) is 6.20 Å². The number of fused-ring (bicyclic) bond motifs is 1. The van der Waals surface area contributed by atoms with Crippen molar-refractivity contribution in [3.63, 3.8) is 0 Å². The Hall–Kier alpha value is -2.95. The van der Waals surface area contributed by atoms with Gasteiger partial charge in [-0.2, -0.15) is 9.61 Å². The average Bonchev–Trinajstić information content (AvgIpc) is 3.12. The third-order valence-electron chi connectivity index (χ3n) is 4.19. The lowest BCUT2D eigenvalue weighted by Crippen LogP contribution is -2.10. The van der Waals surface area contributed by atoms with Crippen molar-refractivity contribution < 1.29 is 13.2 Å². The van der Waals surface area contributed by atoms with Gasteiger partial charge < -0.3 is 4.74 Å². The Labute approximate surface area is 171 Å². The van der Waals surface area contributed by atoms with Crippen molar-refractivity contribution in [2.24, 2.45) is 0 Å². The van der Waals surface area contributed by atoms with Crippen molar-refractivity contribution >= 4 is 27.1 Å². The first-order valence-electron chi connectivity index (χ1n) is 8.40. The van der Waals surface area contributed by atoms with E-state index in [9.17, 15) is 8.42 Å². The zero-order chi connectivity index (χ0) is 20.6. The maximum Gasteiger partial charge on any atom is 0.247 e. The molecule has 3 heterocycles. The predicted molar refractivity (Wildman–Crippen MR) is 105 cm³/mol. The average molecular weight is 431 g/mol. The first-order chi connectivity index (χ1) is 13.9. The number of methoxy groups -OCH3 is 1. The van der Waals surface area contributed by atoms with Gasteiger partial charge >= 0.3 is 0 Å². The van der Waals surface area contributed by atoms with Crippen LogP contribution in [0.3, 0.4) is 0 Å². The summed E-state index contributed by atoms with van der Waals surface area (Å²) in [7, 11) is -1.95. The maximum atomic E-state index is 11.7. The second kappa shape index (κ2) is 7.47. The van der Waals surface area contributed by atoms with Gasteiger partial charge in [0.05, 0.1) is 11.9 Å². The highest BCUT2D eigenvalue weighted by Crippen LogP contribution is 2.26. The van der Waals surface area contributed by atoms with Gasteiger partial charge in [0.25, 0.3) is 0 Å². The molecule has 0 amide bonds. The van der Waals surface area contributed by atoms with Gasteiger partial charge in [-0.05, 0) is 29.8 Å². The third-order valence-corrected chi connectivity index (χ3v) is 5.30. The number of hydrogen-bond donors (Lipinski definition) is 0. The minimum absolute atomic E-state index is 0.251. The Morgan fingerprint density at radius 2 is 1.90 bits per heavy atom. The number of rotatable bonds is 5. The Bertz CT molecular complexity index is 1290. The van der Waals surface area contributed by atoms with Crippen molar-refractivity contribution in [1.82, 2.24) is 29.8 Å². The molecule has 0 aliphatic carbocycles. The molecular formula is C18H15ClN6O3S. The van der Waals surface area contributed by atoms with E-state index in [1.54, 1.807) is 42.1 Å². The normalized spacial score (nSPS) is 12.9. The van der Waals surface area contributed by atoms with E-state index in [2.05, 4.69) is 25.3 Å². The largest absolute Gasteiger partial charge is 0.369 e. The highest BCUT2D eigenvalue weighted by atomic mass is 35.5. The SMILES string of the molecule is COC(c1ccc(Cl)cc1)c1nnc2cc(-c3ccnc(S(C)(=O)=O)n3)cnn12. The van der Waals surface area contributed by atoms with Crippen molar-refractivity contribution in [3.8, 4) is 11.3 Å². The minimum Gasteiger partial charge on any atom is -0.369 e. The molecular weight excluding hydrogens is 416 g/mol. The second-order valence-electron chi connectivity index (χ2n) is 6.24. The summed E-state index contributed by atoms with van der Waals surface area (Å²) in [5.41, 5.74) is 2.32. The van der Waals surface area contributed by atoms with Gasteiger partial charge in [-0.3, -0.25) is 0 Å². The molecule has 0 bridgehead atoms. The fraction of sp³-hybridized carbons (Fsp3) is 0.167. The van der Waals surface area contributed by atoms with E-state index in [0.717, 1.165) is 11.8 Å². The number of hydrogen-bond acceptors (Lipinski definition) is 8. The van der Waals surface area contributed by atoms with Crippen LogP contribution in [0.1, 0.15) is 17.5 Å². The van der Waals surface area contributed by atoms with Gasteiger partial charge in [-0.1, -0.05) is 23.7 Å². The van der Waals surface area contributed by atoms with Gasteiger partial charge in [0.2, 0.25) is 15.0 Å². The second-order valence-corrected chi connectivity index (χ2v) is 8.58. The molecule has 0 N–H and O–H groups in total. The Morgan fingerprint density at radius 3 is 2.59 bits per heavy atom. The Morgan fingerprint density at radius 1 is 1.14 bits per heavy atom. The van der Waals surface area contributed by atoms with Crippen LogP contribution in [0.4, 0.5) is 0 Å². The molecule has 3 aromatic heterocycles. The zero-order valence-corrected chi connectivity index (χ0v) is 17.0. The molecule has 11 heteroatoms. The molecule has 0 aliphatic heterocycles. The van der Waals surface area contributed by atoms with Crippen LogP contribution < -0.4 is 0 Å². The van der Waals surface area contributed by atoms with Crippen molar-refractivity contribution in [1.29, 1.82) is 0 Å². The molecule has 1 atom stereocenters. The van der Waals surface area contributed by atoms with Crippen molar-refractivity contribution in [2.75, 3.05) is 13.4 Å². The number of benzene rings is 1. The van der Waals surface area contributed by atoms with E-state index >= 15 is 0 Å². The molecule has 0 aliphatic rings. The first kappa shape index (κ1) is 19.4. The summed E-state index contributed by atoms with van der Waals surface area (Å²) >= 11 is 5.96. The Kier molecular flexibility index (Phi) is 4.99. The van der Waals surface area contributed by atoms with Crippen LogP contribution >= 0.6 is 11.6 Å². The summed E-state index contributed by atoms with van der Waals surface area (Å²) in [5, 5.41) is 13.2. The summed E-state index contributed by atoms with van der Waals surface area (Å²) in [5.74, 6) is 0.496. The maximum absolute atomic E-state index is 11.7. The van der Waals surface area contributed by atoms with E-state index in [-0.39, 0.29) is 5.16 Å². The van der Waals surface area contributed by atoms with Gasteiger partial charge in [0.1, 0.15) is 6.10 Å². The van der Waals surface area contributed by atoms with Crippen LogP contribution in [-0.4, -0.2) is 51.6 Å². The highest BCUT2D eigenvalue weighted by Gasteiger charge is 2.21. The molecule has 4 aromatic rings. The highest BCUT2D eigenvalue weighted by molar-refractivity contribution is 7.90. The fourth-order valence-corrected chi connectivity index (χ4v) is 3.46. The molecule has 148 valence electrons. The van der Waals surface area contributed by atoms with E-state index in [0.29, 0.717) is 27.8 Å². The topological polar surface area (TPSA) is 112 Å². The van der Waals surface area contributed by atoms with Crippen LogP contribution in [0.2, 0.25) is 5.02 Å². The number of aromatic nitrogens is 6. The molecule has 9 nitrogen and oxygen atoms in total. The predicted octanol–water partition coefficient (Wildman–Crippen LogP) is 2.37. The lowest BCUT2D eigenvalue weighted by atomic mass is 10.1. The van der Waals surface area contributed by atoms with E-state index in [4.69, 9.17) is 16.3 Å². The molecule has 0 spiro atoms. The van der Waals surface area contributed by atoms with Gasteiger partial charge in [-0.25, -0.2) is 18.4 Å². The lowest BCUT2D eigenvalue weighted by molar-refractivity contribution is 0.127. The summed E-state index contributed by atoms with van der Waals surface area (Å²) < 4.78 is 30.6. The summed E-state index contributed by atoms with van der Waals surface area (Å²) in [4.78, 5) is 7.90. The van der Waals surface area contributed by atoms with Crippen LogP contribution in [0, 0.1) is 0 Å². The van der Waals surface area contributed by atoms with E-state index < -0.39 is 15.9 Å². The Balaban J connectivity index is 1.75. The number of sulfone groups is 1. The molecule has 0 fully saturated rings. The van der Waals surface area contributed by atoms with Crippen molar-refractivity contribution in [2.45, 2.75) is 11.3 Å². The molecule has 1 unspecified atom stereocenters. The van der Waals surface area contributed by atoms with Crippen LogP contribution in [0.25, 0.3) is 16.9 Å². The smallest absolute Gasteiger partial charge is 0.247 e. The number of nitrogens with zero attached hydrogens (tertiary/aromatic N) is 6. The summed E-state index contributed by atoms with van der Waals surface area (Å²) in [6, 6.07) is 10.6. The quantitative estimate of drug-likeness (QED) is 0.443. The van der Waals surface area contributed by atoms with Gasteiger partial charge in [0, 0.05) is 30.1 Å². The monoisotopic (exact) mass is 430 g/mol. The molecule has 1 aromatic carbocycles. The van der Waals surface area contributed by atoms with Crippen LogP contribution in [-0.2, 0) is 14.6 Å². The van der Waals surface area contributed by atoms with Gasteiger partial charge in [0.15, 0.2) is 11.5 Å². The van der Waals surface area contributed by atoms with Gasteiger partial charge in [-0.15, -0.1) is 10.2 Å². The summed E-state index contributed by atoms with van der Waals surface area (Å²) in [6.07, 6.45) is 3.51. The molecule has 0 radical (unpaired) electrons. The molecule has 0 saturated carbocycles.